The molecule has 142 valence electrons. The highest BCUT2D eigenvalue weighted by atomic mass is 16.1. The molecule has 26 heavy (non-hydrogen) atoms. The van der Waals surface area contributed by atoms with Crippen LogP contribution in [0.1, 0.15) is 111 Å². The summed E-state index contributed by atoms with van der Waals surface area (Å²) in [7, 11) is 0. The van der Waals surface area contributed by atoms with Crippen LogP contribution in [-0.4, -0.2) is 11.6 Å². The predicted molar refractivity (Wildman–Crippen MR) is 109 cm³/mol. The van der Waals surface area contributed by atoms with Crippen molar-refractivity contribution in [3.05, 3.63) is 47.0 Å². The topological polar surface area (TPSA) is 34.1 Å². The van der Waals surface area contributed by atoms with Gasteiger partial charge in [-0.3, -0.25) is 9.59 Å². The van der Waals surface area contributed by atoms with Crippen LogP contribution in [-0.2, 0) is 0 Å². The molecule has 0 bridgehead atoms. The SMILES string of the molecule is CCCCCCCCCCCCCCC1=CC(=O)c2ccccc2C1=O. The Kier molecular flexibility index (Phi) is 9.38. The van der Waals surface area contributed by atoms with Gasteiger partial charge >= 0.3 is 0 Å². The van der Waals surface area contributed by atoms with Gasteiger partial charge in [-0.25, -0.2) is 0 Å². The zero-order chi connectivity index (χ0) is 18.6. The van der Waals surface area contributed by atoms with E-state index in [4.69, 9.17) is 0 Å². The van der Waals surface area contributed by atoms with Crippen molar-refractivity contribution >= 4 is 11.6 Å². The van der Waals surface area contributed by atoms with E-state index in [1.54, 1.807) is 18.2 Å². The highest BCUT2D eigenvalue weighted by Crippen LogP contribution is 2.24. The number of unbranched alkanes of at least 4 members (excludes halogenated alkanes) is 11. The molecule has 1 aromatic carbocycles. The van der Waals surface area contributed by atoms with Gasteiger partial charge in [-0.15, -0.1) is 0 Å². The Morgan fingerprint density at radius 3 is 1.73 bits per heavy atom. The number of ketones is 2. The molecular weight excluding hydrogens is 320 g/mol. The normalized spacial score (nSPS) is 13.7. The van der Waals surface area contributed by atoms with Gasteiger partial charge in [0.1, 0.15) is 0 Å². The van der Waals surface area contributed by atoms with Crippen molar-refractivity contribution in [2.24, 2.45) is 0 Å². The maximum atomic E-state index is 12.5. The van der Waals surface area contributed by atoms with Crippen molar-refractivity contribution in [2.75, 3.05) is 0 Å². The maximum Gasteiger partial charge on any atom is 0.189 e. The highest BCUT2D eigenvalue weighted by molar-refractivity contribution is 6.24. The number of benzene rings is 1. The lowest BCUT2D eigenvalue weighted by atomic mass is 9.87. The molecule has 0 aliphatic heterocycles. The van der Waals surface area contributed by atoms with Crippen molar-refractivity contribution < 1.29 is 9.59 Å². The van der Waals surface area contributed by atoms with Crippen LogP contribution in [0.4, 0.5) is 0 Å². The first-order valence-electron chi connectivity index (χ1n) is 10.6. The lowest BCUT2D eigenvalue weighted by molar-refractivity contribution is 0.0981. The third-order valence-electron chi connectivity index (χ3n) is 5.33. The number of carbonyl (C=O) groups excluding carboxylic acids is 2. The van der Waals surface area contributed by atoms with E-state index in [0.717, 1.165) is 19.3 Å². The molecule has 2 heteroatoms. The second kappa shape index (κ2) is 11.8. The number of hydrogen-bond acceptors (Lipinski definition) is 2. The molecule has 0 saturated carbocycles. The standard InChI is InChI=1S/C24H34O2/c1-2-3-4-5-6-7-8-9-10-11-12-13-16-20-19-23(25)21-17-14-15-18-22(21)24(20)26/h14-15,17-19H,2-13,16H2,1H3. The first-order chi connectivity index (χ1) is 12.7. The van der Waals surface area contributed by atoms with Gasteiger partial charge < -0.3 is 0 Å². The molecule has 0 saturated heterocycles. The van der Waals surface area contributed by atoms with E-state index in [1.165, 1.54) is 64.2 Å². The molecule has 0 atom stereocenters. The lowest BCUT2D eigenvalue weighted by Gasteiger charge is -2.14. The van der Waals surface area contributed by atoms with Crippen LogP contribution in [0.5, 0.6) is 0 Å². The Morgan fingerprint density at radius 2 is 1.15 bits per heavy atom. The summed E-state index contributed by atoms with van der Waals surface area (Å²) in [5.74, 6) is 0.0254. The Morgan fingerprint density at radius 1 is 0.654 bits per heavy atom. The van der Waals surface area contributed by atoms with E-state index in [-0.39, 0.29) is 11.6 Å². The summed E-state index contributed by atoms with van der Waals surface area (Å²) in [5.41, 5.74) is 1.82. The van der Waals surface area contributed by atoms with Gasteiger partial charge in [0.05, 0.1) is 0 Å². The van der Waals surface area contributed by atoms with Crippen LogP contribution < -0.4 is 0 Å². The van der Waals surface area contributed by atoms with Crippen LogP contribution >= 0.6 is 0 Å². The fourth-order valence-corrected chi connectivity index (χ4v) is 3.71. The smallest absolute Gasteiger partial charge is 0.189 e. The van der Waals surface area contributed by atoms with E-state index in [1.807, 2.05) is 12.1 Å². The average Bonchev–Trinajstić information content (AvgIpc) is 2.66. The Labute approximate surface area is 159 Å². The van der Waals surface area contributed by atoms with Crippen LogP contribution in [0.2, 0.25) is 0 Å². The van der Waals surface area contributed by atoms with Gasteiger partial charge in [0.15, 0.2) is 11.6 Å². The van der Waals surface area contributed by atoms with Gasteiger partial charge in [-0.1, -0.05) is 102 Å². The summed E-state index contributed by atoms with van der Waals surface area (Å²) in [4.78, 5) is 24.6. The number of allylic oxidation sites excluding steroid dienone is 2. The highest BCUT2D eigenvalue weighted by Gasteiger charge is 2.24. The van der Waals surface area contributed by atoms with Gasteiger partial charge in [0.2, 0.25) is 0 Å². The lowest BCUT2D eigenvalue weighted by Crippen LogP contribution is -2.16. The summed E-state index contributed by atoms with van der Waals surface area (Å²) in [6, 6.07) is 7.16. The zero-order valence-electron chi connectivity index (χ0n) is 16.4. The van der Waals surface area contributed by atoms with Crippen molar-refractivity contribution in [3.63, 3.8) is 0 Å². The first kappa shape index (κ1) is 20.6. The molecule has 1 aliphatic carbocycles. The van der Waals surface area contributed by atoms with Gasteiger partial charge in [0.25, 0.3) is 0 Å². The summed E-state index contributed by atoms with van der Waals surface area (Å²) < 4.78 is 0. The van der Waals surface area contributed by atoms with E-state index in [9.17, 15) is 9.59 Å². The fraction of sp³-hybridized carbons (Fsp3) is 0.583. The maximum absolute atomic E-state index is 12.5. The molecule has 0 spiro atoms. The third-order valence-corrected chi connectivity index (χ3v) is 5.33. The van der Waals surface area contributed by atoms with Crippen LogP contribution in [0.3, 0.4) is 0 Å². The Bertz CT molecular complexity index is 612. The van der Waals surface area contributed by atoms with E-state index in [2.05, 4.69) is 6.92 Å². The summed E-state index contributed by atoms with van der Waals surface area (Å²) in [5, 5.41) is 0. The second-order valence-corrected chi connectivity index (χ2v) is 7.55. The molecule has 0 aromatic heterocycles. The zero-order valence-corrected chi connectivity index (χ0v) is 16.4. The van der Waals surface area contributed by atoms with Crippen molar-refractivity contribution in [3.8, 4) is 0 Å². The minimum atomic E-state index is -0.0193. The molecule has 0 N–H and O–H groups in total. The van der Waals surface area contributed by atoms with Gasteiger partial charge in [-0.05, 0) is 18.9 Å². The number of hydrogen-bond donors (Lipinski definition) is 0. The fourth-order valence-electron chi connectivity index (χ4n) is 3.71. The minimum absolute atomic E-state index is 0.0193. The van der Waals surface area contributed by atoms with Crippen molar-refractivity contribution in [1.29, 1.82) is 0 Å². The quantitative estimate of drug-likeness (QED) is 0.354. The van der Waals surface area contributed by atoms with Crippen LogP contribution in [0.15, 0.2) is 35.9 Å². The summed E-state index contributed by atoms with van der Waals surface area (Å²) in [6.07, 6.45) is 18.0. The summed E-state index contributed by atoms with van der Waals surface area (Å²) in [6.45, 7) is 2.26. The summed E-state index contributed by atoms with van der Waals surface area (Å²) >= 11 is 0. The van der Waals surface area contributed by atoms with E-state index < -0.39 is 0 Å². The number of rotatable bonds is 13. The number of Topliss-reactive ketones (excluding diaryl/α,β-unsaturated/α-hetero) is 1. The van der Waals surface area contributed by atoms with E-state index in [0.29, 0.717) is 16.7 Å². The first-order valence-corrected chi connectivity index (χ1v) is 10.6. The molecule has 0 radical (unpaired) electrons. The molecule has 0 unspecified atom stereocenters. The number of carbonyl (C=O) groups is 2. The number of fused-ring (bicyclic) bond motifs is 1. The molecule has 2 rings (SSSR count). The monoisotopic (exact) mass is 354 g/mol. The largest absolute Gasteiger partial charge is 0.289 e. The molecule has 0 fully saturated rings. The van der Waals surface area contributed by atoms with Crippen LogP contribution in [0, 0.1) is 0 Å². The average molecular weight is 355 g/mol. The molecular formula is C24H34O2. The van der Waals surface area contributed by atoms with Crippen molar-refractivity contribution in [1.82, 2.24) is 0 Å². The van der Waals surface area contributed by atoms with Gasteiger partial charge in [-0.2, -0.15) is 0 Å². The molecule has 1 aromatic rings. The third kappa shape index (κ3) is 6.55. The molecule has 1 aliphatic rings. The Hall–Kier alpha value is -1.70. The molecule has 2 nitrogen and oxygen atoms in total. The minimum Gasteiger partial charge on any atom is -0.289 e. The Balaban J connectivity index is 1.54. The van der Waals surface area contributed by atoms with Gasteiger partial charge in [0, 0.05) is 16.7 Å². The predicted octanol–water partition coefficient (Wildman–Crippen LogP) is 7.08. The van der Waals surface area contributed by atoms with Crippen molar-refractivity contribution in [2.45, 2.75) is 90.4 Å². The second-order valence-electron chi connectivity index (χ2n) is 7.55. The molecule has 0 heterocycles. The molecule has 0 amide bonds. The van der Waals surface area contributed by atoms with Crippen LogP contribution in [0.25, 0.3) is 0 Å². The van der Waals surface area contributed by atoms with E-state index >= 15 is 0 Å².